The van der Waals surface area contributed by atoms with Gasteiger partial charge in [0.25, 0.3) is 0 Å². The van der Waals surface area contributed by atoms with Crippen molar-refractivity contribution in [2.75, 3.05) is 5.32 Å². The number of benzene rings is 1. The third-order valence-electron chi connectivity index (χ3n) is 4.63. The average molecular weight is 366 g/mol. The number of nitriles is 1. The van der Waals surface area contributed by atoms with Gasteiger partial charge >= 0.3 is 0 Å². The van der Waals surface area contributed by atoms with Crippen LogP contribution in [0.25, 0.3) is 16.8 Å². The van der Waals surface area contributed by atoms with Crippen molar-refractivity contribution in [1.29, 1.82) is 5.26 Å². The number of nitrogens with zero attached hydrogens (tertiary/aromatic N) is 2. The summed E-state index contributed by atoms with van der Waals surface area (Å²) in [6.45, 7) is 5.78. The molecule has 26 heavy (non-hydrogen) atoms. The average Bonchev–Trinajstić information content (AvgIpc) is 3.27. The molecule has 1 saturated carbocycles. The first-order chi connectivity index (χ1) is 12.5. The van der Waals surface area contributed by atoms with Crippen molar-refractivity contribution >= 4 is 28.5 Å². The maximum Gasteiger partial charge on any atom is 0.226 e. The molecule has 1 aliphatic carbocycles. The van der Waals surface area contributed by atoms with Crippen molar-refractivity contribution in [1.82, 2.24) is 4.98 Å². The maximum absolute atomic E-state index is 11.8. The van der Waals surface area contributed by atoms with Gasteiger partial charge in [-0.3, -0.25) is 4.79 Å². The topological polar surface area (TPSA) is 65.8 Å². The minimum Gasteiger partial charge on any atom is -0.326 e. The second kappa shape index (κ2) is 7.84. The molecule has 4 nitrogen and oxygen atoms in total. The molecule has 3 rings (SSSR count). The third kappa shape index (κ3) is 3.86. The zero-order valence-corrected chi connectivity index (χ0v) is 16.2. The van der Waals surface area contributed by atoms with E-state index < -0.39 is 0 Å². The van der Waals surface area contributed by atoms with Crippen molar-refractivity contribution in [3.63, 3.8) is 0 Å². The summed E-state index contributed by atoms with van der Waals surface area (Å²) in [5, 5.41) is 13.3. The summed E-state index contributed by atoms with van der Waals surface area (Å²) >= 11 is 1.59. The highest BCUT2D eigenvalue weighted by molar-refractivity contribution is 7.13. The number of aromatic nitrogens is 1. The SMILES string of the molecule is Cc1sc(C(C#N)=C2CCCC2)nc1-c1ccc(NC(=O)C(C)C)cc1. The molecule has 1 amide bonds. The van der Waals surface area contributed by atoms with Crippen LogP contribution in [0.15, 0.2) is 29.8 Å². The molecular formula is C21H23N3OS. The fraction of sp³-hybridized carbons (Fsp3) is 0.381. The van der Waals surface area contributed by atoms with E-state index in [2.05, 4.69) is 11.4 Å². The molecule has 1 aromatic carbocycles. The Hall–Kier alpha value is -2.45. The fourth-order valence-electron chi connectivity index (χ4n) is 3.10. The van der Waals surface area contributed by atoms with Crippen molar-refractivity contribution < 1.29 is 4.79 Å². The molecule has 134 valence electrons. The van der Waals surface area contributed by atoms with E-state index in [0.717, 1.165) is 45.2 Å². The van der Waals surface area contributed by atoms with Crippen LogP contribution < -0.4 is 5.32 Å². The molecule has 0 spiro atoms. The Morgan fingerprint density at radius 1 is 1.23 bits per heavy atom. The number of anilines is 1. The van der Waals surface area contributed by atoms with Crippen LogP contribution in [0.5, 0.6) is 0 Å². The van der Waals surface area contributed by atoms with E-state index in [1.165, 1.54) is 18.4 Å². The van der Waals surface area contributed by atoms with Crippen LogP contribution in [0.4, 0.5) is 5.69 Å². The lowest BCUT2D eigenvalue weighted by molar-refractivity contribution is -0.118. The summed E-state index contributed by atoms with van der Waals surface area (Å²) < 4.78 is 0. The van der Waals surface area contributed by atoms with Gasteiger partial charge in [0.15, 0.2) is 0 Å². The minimum absolute atomic E-state index is 0.00623. The Morgan fingerprint density at radius 2 is 1.88 bits per heavy atom. The Balaban J connectivity index is 1.87. The van der Waals surface area contributed by atoms with Crippen LogP contribution in [0.3, 0.4) is 0 Å². The van der Waals surface area contributed by atoms with Gasteiger partial charge in [-0.1, -0.05) is 26.0 Å². The second-order valence-electron chi connectivity index (χ2n) is 6.94. The molecule has 0 atom stereocenters. The largest absolute Gasteiger partial charge is 0.326 e. The number of carbonyl (C=O) groups excluding carboxylic acids is 1. The van der Waals surface area contributed by atoms with Gasteiger partial charge in [-0.25, -0.2) is 4.98 Å². The lowest BCUT2D eigenvalue weighted by Gasteiger charge is -2.08. The van der Waals surface area contributed by atoms with Gasteiger partial charge in [0.05, 0.1) is 11.3 Å². The third-order valence-corrected chi connectivity index (χ3v) is 5.62. The Morgan fingerprint density at radius 3 is 2.46 bits per heavy atom. The molecule has 5 heteroatoms. The number of allylic oxidation sites excluding steroid dienone is 2. The Labute approximate surface area is 158 Å². The van der Waals surface area contributed by atoms with Crippen LogP contribution >= 0.6 is 11.3 Å². The highest BCUT2D eigenvalue weighted by Gasteiger charge is 2.19. The maximum atomic E-state index is 11.8. The summed E-state index contributed by atoms with van der Waals surface area (Å²) in [5.41, 5.74) is 4.72. The van der Waals surface area contributed by atoms with Gasteiger partial charge in [-0.15, -0.1) is 11.3 Å². The van der Waals surface area contributed by atoms with E-state index in [4.69, 9.17) is 4.98 Å². The highest BCUT2D eigenvalue weighted by Crippen LogP contribution is 2.36. The second-order valence-corrected chi connectivity index (χ2v) is 8.15. The van der Waals surface area contributed by atoms with Crippen molar-refractivity contribution in [3.05, 3.63) is 39.7 Å². The highest BCUT2D eigenvalue weighted by atomic mass is 32.1. The van der Waals surface area contributed by atoms with Gasteiger partial charge in [-0.2, -0.15) is 5.26 Å². The van der Waals surface area contributed by atoms with Gasteiger partial charge < -0.3 is 5.32 Å². The first-order valence-electron chi connectivity index (χ1n) is 9.01. The number of hydrogen-bond donors (Lipinski definition) is 1. The van der Waals surface area contributed by atoms with Crippen LogP contribution in [-0.2, 0) is 4.79 Å². The number of nitrogens with one attached hydrogen (secondary N) is 1. The molecule has 2 aromatic rings. The van der Waals surface area contributed by atoms with E-state index in [1.54, 1.807) is 11.3 Å². The number of carbonyl (C=O) groups is 1. The van der Waals surface area contributed by atoms with Crippen molar-refractivity contribution in [2.45, 2.75) is 46.5 Å². The molecule has 1 aromatic heterocycles. The van der Waals surface area contributed by atoms with Crippen LogP contribution in [0.1, 0.15) is 49.4 Å². The molecule has 1 heterocycles. The zero-order chi connectivity index (χ0) is 18.7. The predicted octanol–water partition coefficient (Wildman–Crippen LogP) is 5.56. The number of amides is 1. The first-order valence-corrected chi connectivity index (χ1v) is 9.82. The standard InChI is InChI=1S/C21H23N3OS/c1-13(2)20(25)23-17-10-8-16(9-11-17)19-14(3)26-21(24-19)18(12-22)15-6-4-5-7-15/h8-11,13H,4-7H2,1-3H3,(H,23,25). The van der Waals surface area contributed by atoms with Crippen molar-refractivity contribution in [2.24, 2.45) is 5.92 Å². The molecule has 1 aliphatic rings. The van der Waals surface area contributed by atoms with E-state index in [1.807, 2.05) is 45.0 Å². The van der Waals surface area contributed by atoms with Crippen LogP contribution in [-0.4, -0.2) is 10.9 Å². The summed E-state index contributed by atoms with van der Waals surface area (Å²) in [4.78, 5) is 17.7. The lowest BCUT2D eigenvalue weighted by atomic mass is 10.1. The van der Waals surface area contributed by atoms with E-state index in [0.29, 0.717) is 0 Å². The number of hydrogen-bond acceptors (Lipinski definition) is 4. The normalized spacial score (nSPS) is 13.7. The molecule has 0 saturated heterocycles. The van der Waals surface area contributed by atoms with Gasteiger partial charge in [0.2, 0.25) is 5.91 Å². The summed E-state index contributed by atoms with van der Waals surface area (Å²) in [6.07, 6.45) is 4.37. The first kappa shape index (κ1) is 18.3. The van der Waals surface area contributed by atoms with Crippen molar-refractivity contribution in [3.8, 4) is 17.3 Å². The van der Waals surface area contributed by atoms with E-state index >= 15 is 0 Å². The monoisotopic (exact) mass is 365 g/mol. The minimum atomic E-state index is -0.0500. The van der Waals surface area contributed by atoms with Gasteiger partial charge in [0, 0.05) is 22.0 Å². The quantitative estimate of drug-likeness (QED) is 0.721. The predicted molar refractivity (Wildman–Crippen MR) is 107 cm³/mol. The molecular weight excluding hydrogens is 342 g/mol. The van der Waals surface area contributed by atoms with Gasteiger partial charge in [0.1, 0.15) is 11.1 Å². The van der Waals surface area contributed by atoms with E-state index in [9.17, 15) is 10.1 Å². The molecule has 1 N–H and O–H groups in total. The smallest absolute Gasteiger partial charge is 0.226 e. The molecule has 0 aliphatic heterocycles. The molecule has 1 fully saturated rings. The lowest BCUT2D eigenvalue weighted by Crippen LogP contribution is -2.17. The Bertz CT molecular complexity index is 877. The number of thiazole rings is 1. The van der Waals surface area contributed by atoms with Gasteiger partial charge in [-0.05, 0) is 50.3 Å². The van der Waals surface area contributed by atoms with Crippen LogP contribution in [0, 0.1) is 24.2 Å². The summed E-state index contributed by atoms with van der Waals surface area (Å²) in [6, 6.07) is 10.1. The zero-order valence-electron chi connectivity index (χ0n) is 15.4. The summed E-state index contributed by atoms with van der Waals surface area (Å²) in [7, 11) is 0. The molecule has 0 radical (unpaired) electrons. The summed E-state index contributed by atoms with van der Waals surface area (Å²) in [5.74, 6) is -0.0437. The Kier molecular flexibility index (Phi) is 5.53. The molecule has 0 unspecified atom stereocenters. The number of rotatable bonds is 4. The number of aryl methyl sites for hydroxylation is 1. The van der Waals surface area contributed by atoms with Crippen LogP contribution in [0.2, 0.25) is 0 Å². The molecule has 0 bridgehead atoms. The van der Waals surface area contributed by atoms with E-state index in [-0.39, 0.29) is 11.8 Å². The fourth-order valence-corrected chi connectivity index (χ4v) is 4.08.